The molecule has 2 aromatic rings. The van der Waals surface area contributed by atoms with Crippen molar-refractivity contribution in [2.75, 3.05) is 41.3 Å². The van der Waals surface area contributed by atoms with Gasteiger partial charge in [0.1, 0.15) is 0 Å². The molecule has 4 rings (SSSR count). The molecule has 6 nitrogen and oxygen atoms in total. The second kappa shape index (κ2) is 7.89. The number of nitrogens with zero attached hydrogens (tertiary/aromatic N) is 5. The lowest BCUT2D eigenvalue weighted by molar-refractivity contribution is 0.438. The van der Waals surface area contributed by atoms with Gasteiger partial charge in [0.05, 0.1) is 6.20 Å². The molecule has 6 heteroatoms. The molecule has 2 aliphatic rings. The molecule has 0 aliphatic carbocycles. The first-order chi connectivity index (χ1) is 12.8. The highest BCUT2D eigenvalue weighted by Crippen LogP contribution is 2.25. The summed E-state index contributed by atoms with van der Waals surface area (Å²) in [4.78, 5) is 9.41. The summed E-state index contributed by atoms with van der Waals surface area (Å²) in [6, 6.07) is 8.56. The Labute approximate surface area is 155 Å². The Bertz CT molecular complexity index is 702. The Balaban J connectivity index is 1.41. The van der Waals surface area contributed by atoms with E-state index in [0.29, 0.717) is 5.95 Å². The summed E-state index contributed by atoms with van der Waals surface area (Å²) < 4.78 is 0. The van der Waals surface area contributed by atoms with E-state index < -0.39 is 0 Å². The fourth-order valence-corrected chi connectivity index (χ4v) is 3.77. The number of hydrogen-bond acceptors (Lipinski definition) is 6. The van der Waals surface area contributed by atoms with Crippen molar-refractivity contribution < 1.29 is 0 Å². The van der Waals surface area contributed by atoms with Crippen LogP contribution < -0.4 is 15.1 Å². The minimum atomic E-state index is 0.563. The van der Waals surface area contributed by atoms with Gasteiger partial charge in [-0.25, -0.2) is 0 Å². The van der Waals surface area contributed by atoms with Crippen molar-refractivity contribution in [2.45, 2.75) is 39.0 Å². The maximum absolute atomic E-state index is 4.64. The predicted octanol–water partition coefficient (Wildman–Crippen LogP) is 3.84. The van der Waals surface area contributed by atoms with E-state index in [0.717, 1.165) is 43.6 Å². The molecule has 3 heterocycles. The summed E-state index contributed by atoms with van der Waals surface area (Å²) in [6.07, 6.45) is 8.08. The Kier molecular flexibility index (Phi) is 5.18. The van der Waals surface area contributed by atoms with E-state index in [1.165, 1.54) is 37.8 Å². The third-order valence-corrected chi connectivity index (χ3v) is 5.50. The van der Waals surface area contributed by atoms with Crippen LogP contribution in [-0.4, -0.2) is 41.4 Å². The fourth-order valence-electron chi connectivity index (χ4n) is 3.77. The molecule has 0 radical (unpaired) electrons. The second-order valence-corrected chi connectivity index (χ2v) is 7.53. The zero-order valence-electron chi connectivity index (χ0n) is 15.6. The van der Waals surface area contributed by atoms with Gasteiger partial charge < -0.3 is 15.1 Å². The van der Waals surface area contributed by atoms with Crippen LogP contribution >= 0.6 is 0 Å². The van der Waals surface area contributed by atoms with Crippen LogP contribution in [0.25, 0.3) is 0 Å². The molecule has 2 saturated heterocycles. The van der Waals surface area contributed by atoms with Crippen molar-refractivity contribution in [3.8, 4) is 0 Å². The second-order valence-electron chi connectivity index (χ2n) is 7.53. The van der Waals surface area contributed by atoms with Gasteiger partial charge >= 0.3 is 0 Å². The Morgan fingerprint density at radius 3 is 2.38 bits per heavy atom. The first-order valence-electron chi connectivity index (χ1n) is 9.85. The lowest BCUT2D eigenvalue weighted by Gasteiger charge is -2.32. The maximum Gasteiger partial charge on any atom is 0.249 e. The topological polar surface area (TPSA) is 57.2 Å². The number of rotatable bonds is 4. The Hall–Kier alpha value is -2.37. The molecule has 0 spiro atoms. The molecule has 0 bridgehead atoms. The monoisotopic (exact) mass is 352 g/mol. The number of benzene rings is 1. The number of aromatic nitrogens is 3. The lowest BCUT2D eigenvalue weighted by Crippen LogP contribution is -2.32. The third-order valence-electron chi connectivity index (χ3n) is 5.50. The fraction of sp³-hybridized carbons (Fsp3) is 0.550. The summed E-state index contributed by atoms with van der Waals surface area (Å²) in [5, 5.41) is 11.6. The number of nitrogens with one attached hydrogen (secondary N) is 1. The molecular weight excluding hydrogens is 324 g/mol. The van der Waals surface area contributed by atoms with Gasteiger partial charge in [-0.3, -0.25) is 0 Å². The minimum Gasteiger partial charge on any atom is -0.372 e. The van der Waals surface area contributed by atoms with E-state index >= 15 is 0 Å². The largest absolute Gasteiger partial charge is 0.372 e. The first kappa shape index (κ1) is 17.1. The first-order valence-corrected chi connectivity index (χ1v) is 9.85. The van der Waals surface area contributed by atoms with Gasteiger partial charge in [-0.15, -0.1) is 5.10 Å². The maximum atomic E-state index is 4.64. The SMILES string of the molecule is CC1CCN(c2ccc(Nc3nncc(N4CCCCC4)n3)cc2)CC1. The van der Waals surface area contributed by atoms with E-state index in [4.69, 9.17) is 0 Å². The van der Waals surface area contributed by atoms with E-state index in [2.05, 4.69) is 61.5 Å². The zero-order valence-corrected chi connectivity index (χ0v) is 15.6. The molecule has 26 heavy (non-hydrogen) atoms. The highest BCUT2D eigenvalue weighted by molar-refractivity contribution is 5.60. The van der Waals surface area contributed by atoms with E-state index in [9.17, 15) is 0 Å². The molecule has 0 atom stereocenters. The summed E-state index contributed by atoms with van der Waals surface area (Å²) in [5.74, 6) is 2.33. The Morgan fingerprint density at radius 2 is 1.65 bits per heavy atom. The number of piperidine rings is 2. The molecule has 0 amide bonds. The normalized spacial score (nSPS) is 18.8. The molecule has 2 aliphatic heterocycles. The molecule has 1 N–H and O–H groups in total. The van der Waals surface area contributed by atoms with Crippen molar-refractivity contribution in [1.29, 1.82) is 0 Å². The average molecular weight is 352 g/mol. The Morgan fingerprint density at radius 1 is 0.923 bits per heavy atom. The van der Waals surface area contributed by atoms with Crippen molar-refractivity contribution in [1.82, 2.24) is 15.2 Å². The van der Waals surface area contributed by atoms with Crippen LogP contribution in [0.2, 0.25) is 0 Å². The predicted molar refractivity (Wildman–Crippen MR) is 106 cm³/mol. The third kappa shape index (κ3) is 4.06. The number of hydrogen-bond donors (Lipinski definition) is 1. The van der Waals surface area contributed by atoms with E-state index in [1.54, 1.807) is 6.20 Å². The smallest absolute Gasteiger partial charge is 0.249 e. The van der Waals surface area contributed by atoms with Crippen molar-refractivity contribution in [3.05, 3.63) is 30.5 Å². The molecule has 1 aromatic carbocycles. The van der Waals surface area contributed by atoms with Gasteiger partial charge in [0.2, 0.25) is 5.95 Å². The number of anilines is 4. The van der Waals surface area contributed by atoms with Gasteiger partial charge in [0.25, 0.3) is 0 Å². The van der Waals surface area contributed by atoms with Crippen LogP contribution in [0, 0.1) is 5.92 Å². The molecule has 2 fully saturated rings. The zero-order chi connectivity index (χ0) is 17.8. The van der Waals surface area contributed by atoms with Crippen molar-refractivity contribution >= 4 is 23.1 Å². The summed E-state index contributed by atoms with van der Waals surface area (Å²) in [5.41, 5.74) is 2.29. The van der Waals surface area contributed by atoms with Crippen LogP contribution in [0.5, 0.6) is 0 Å². The molecule has 138 valence electrons. The molecule has 1 aromatic heterocycles. The van der Waals surface area contributed by atoms with Crippen LogP contribution in [0.1, 0.15) is 39.0 Å². The summed E-state index contributed by atoms with van der Waals surface area (Å²) in [6.45, 7) is 6.76. The van der Waals surface area contributed by atoms with E-state index in [1.807, 2.05) is 0 Å². The van der Waals surface area contributed by atoms with Gasteiger partial charge in [0, 0.05) is 37.6 Å². The van der Waals surface area contributed by atoms with Gasteiger partial charge in [0.15, 0.2) is 5.82 Å². The van der Waals surface area contributed by atoms with Crippen molar-refractivity contribution in [2.24, 2.45) is 5.92 Å². The minimum absolute atomic E-state index is 0.563. The summed E-state index contributed by atoms with van der Waals surface area (Å²) in [7, 11) is 0. The quantitative estimate of drug-likeness (QED) is 0.902. The summed E-state index contributed by atoms with van der Waals surface area (Å²) >= 11 is 0. The average Bonchev–Trinajstić information content (AvgIpc) is 2.70. The highest BCUT2D eigenvalue weighted by Gasteiger charge is 2.16. The van der Waals surface area contributed by atoms with Crippen LogP contribution in [0.4, 0.5) is 23.1 Å². The van der Waals surface area contributed by atoms with Crippen molar-refractivity contribution in [3.63, 3.8) is 0 Å². The molecular formula is C20H28N6. The van der Waals surface area contributed by atoms with Gasteiger partial charge in [-0.1, -0.05) is 6.92 Å². The highest BCUT2D eigenvalue weighted by atomic mass is 15.3. The van der Waals surface area contributed by atoms with Crippen LogP contribution in [0.3, 0.4) is 0 Å². The molecule has 0 saturated carbocycles. The van der Waals surface area contributed by atoms with E-state index in [-0.39, 0.29) is 0 Å². The lowest BCUT2D eigenvalue weighted by atomic mass is 9.99. The standard InChI is InChI=1S/C20H28N6/c1-16-9-13-25(14-10-16)18-7-5-17(6-8-18)22-20-23-19(15-21-24-20)26-11-3-2-4-12-26/h5-8,15-16H,2-4,9-14H2,1H3,(H,22,23,24). The molecule has 0 unspecified atom stereocenters. The van der Waals surface area contributed by atoms with Crippen LogP contribution in [0.15, 0.2) is 30.5 Å². The van der Waals surface area contributed by atoms with Gasteiger partial charge in [-0.05, 0) is 62.3 Å². The van der Waals surface area contributed by atoms with Crippen LogP contribution in [-0.2, 0) is 0 Å². The van der Waals surface area contributed by atoms with Gasteiger partial charge in [-0.2, -0.15) is 10.1 Å².